The van der Waals surface area contributed by atoms with Crippen LogP contribution in [0.4, 0.5) is 0 Å². The van der Waals surface area contributed by atoms with Gasteiger partial charge in [0, 0.05) is 26.8 Å². The zero-order chi connectivity index (χ0) is 18.2. The highest BCUT2D eigenvalue weighted by atomic mass is 127. The quantitative estimate of drug-likeness (QED) is 0.303. The van der Waals surface area contributed by atoms with E-state index in [0.717, 1.165) is 42.6 Å². The van der Waals surface area contributed by atoms with Crippen LogP contribution >= 0.6 is 35.3 Å². The molecule has 2 heterocycles. The predicted molar refractivity (Wildman–Crippen MR) is 121 cm³/mol. The van der Waals surface area contributed by atoms with Crippen LogP contribution in [0.3, 0.4) is 0 Å². The lowest BCUT2D eigenvalue weighted by Gasteiger charge is -2.42. The molecular weight excluding hydrogens is 475 g/mol. The molecule has 0 unspecified atom stereocenters. The van der Waals surface area contributed by atoms with Crippen LogP contribution in [0, 0.1) is 5.41 Å². The van der Waals surface area contributed by atoms with Crippen LogP contribution in [0.15, 0.2) is 33.2 Å². The summed E-state index contributed by atoms with van der Waals surface area (Å²) in [6, 6.07) is 4.00. The number of aromatic nitrogens is 1. The number of hydrogen-bond donors (Lipinski definition) is 2. The SMILES string of the molecule is CCNC(=NCc1coc(-c2cccs2)n1)NCC1(CCOC)CCC1.I. The van der Waals surface area contributed by atoms with E-state index in [1.165, 1.54) is 19.3 Å². The van der Waals surface area contributed by atoms with E-state index in [1.807, 2.05) is 17.5 Å². The Morgan fingerprint density at radius 2 is 2.26 bits per heavy atom. The molecule has 0 bridgehead atoms. The molecule has 0 spiro atoms. The zero-order valence-electron chi connectivity index (χ0n) is 16.0. The van der Waals surface area contributed by atoms with Crippen molar-refractivity contribution in [1.29, 1.82) is 0 Å². The molecule has 0 aromatic carbocycles. The van der Waals surface area contributed by atoms with Crippen molar-refractivity contribution >= 4 is 41.3 Å². The van der Waals surface area contributed by atoms with Gasteiger partial charge in [-0.1, -0.05) is 12.5 Å². The minimum absolute atomic E-state index is 0. The fraction of sp³-hybridized carbons (Fsp3) is 0.579. The number of thiophene rings is 1. The van der Waals surface area contributed by atoms with Crippen molar-refractivity contribution in [3.05, 3.63) is 29.5 Å². The van der Waals surface area contributed by atoms with Gasteiger partial charge in [0.1, 0.15) is 12.0 Å². The van der Waals surface area contributed by atoms with Crippen molar-refractivity contribution in [3.8, 4) is 10.8 Å². The van der Waals surface area contributed by atoms with E-state index in [9.17, 15) is 0 Å². The molecular formula is C19H29IN4O2S. The molecule has 0 aliphatic heterocycles. The Kier molecular flexibility index (Phi) is 9.04. The van der Waals surface area contributed by atoms with Gasteiger partial charge in [0.15, 0.2) is 5.96 Å². The number of hydrogen-bond acceptors (Lipinski definition) is 5. The molecule has 1 fully saturated rings. The molecule has 0 amide bonds. The van der Waals surface area contributed by atoms with Gasteiger partial charge in [-0.2, -0.15) is 0 Å². The standard InChI is InChI=1S/C19H28N4O2S.HI/c1-3-20-18(22-14-19(7-5-8-19)9-10-24-2)21-12-15-13-25-17(23-15)16-6-4-11-26-16;/h4,6,11,13H,3,5,7-10,12,14H2,1-2H3,(H2,20,21,22);1H. The number of oxazole rings is 1. The lowest BCUT2D eigenvalue weighted by molar-refractivity contribution is 0.0732. The molecule has 150 valence electrons. The number of rotatable bonds is 9. The van der Waals surface area contributed by atoms with Crippen molar-refractivity contribution in [2.75, 3.05) is 26.8 Å². The number of nitrogens with zero attached hydrogens (tertiary/aromatic N) is 2. The van der Waals surface area contributed by atoms with E-state index in [-0.39, 0.29) is 24.0 Å². The van der Waals surface area contributed by atoms with Crippen molar-refractivity contribution in [1.82, 2.24) is 15.6 Å². The lowest BCUT2D eigenvalue weighted by atomic mass is 9.67. The van der Waals surface area contributed by atoms with Gasteiger partial charge < -0.3 is 19.8 Å². The molecule has 8 heteroatoms. The molecule has 2 N–H and O–H groups in total. The summed E-state index contributed by atoms with van der Waals surface area (Å²) >= 11 is 1.62. The Morgan fingerprint density at radius 1 is 1.41 bits per heavy atom. The van der Waals surface area contributed by atoms with Crippen LogP contribution in [-0.4, -0.2) is 37.7 Å². The first-order chi connectivity index (χ1) is 12.7. The minimum Gasteiger partial charge on any atom is -0.443 e. The maximum absolute atomic E-state index is 5.56. The monoisotopic (exact) mass is 504 g/mol. The van der Waals surface area contributed by atoms with Crippen LogP contribution in [0.5, 0.6) is 0 Å². The van der Waals surface area contributed by atoms with Gasteiger partial charge in [-0.3, -0.25) is 0 Å². The third-order valence-electron chi connectivity index (χ3n) is 4.91. The van der Waals surface area contributed by atoms with E-state index in [1.54, 1.807) is 24.7 Å². The van der Waals surface area contributed by atoms with Gasteiger partial charge >= 0.3 is 0 Å². The second kappa shape index (κ2) is 11.0. The zero-order valence-corrected chi connectivity index (χ0v) is 19.1. The lowest BCUT2D eigenvalue weighted by Crippen LogP contribution is -2.46. The fourth-order valence-electron chi connectivity index (χ4n) is 3.18. The Bertz CT molecular complexity index is 698. The molecule has 0 atom stereocenters. The van der Waals surface area contributed by atoms with Crippen molar-refractivity contribution < 1.29 is 9.15 Å². The summed E-state index contributed by atoms with van der Waals surface area (Å²) in [5, 5.41) is 8.84. The van der Waals surface area contributed by atoms with E-state index in [4.69, 9.17) is 9.15 Å². The van der Waals surface area contributed by atoms with Crippen LogP contribution in [-0.2, 0) is 11.3 Å². The highest BCUT2D eigenvalue weighted by molar-refractivity contribution is 14.0. The smallest absolute Gasteiger partial charge is 0.236 e. The van der Waals surface area contributed by atoms with Crippen LogP contribution < -0.4 is 10.6 Å². The third kappa shape index (κ3) is 6.18. The molecule has 6 nitrogen and oxygen atoms in total. The maximum atomic E-state index is 5.56. The second-order valence-corrected chi connectivity index (χ2v) is 7.71. The molecule has 1 aliphatic carbocycles. The summed E-state index contributed by atoms with van der Waals surface area (Å²) in [6.45, 7) is 5.15. The van der Waals surface area contributed by atoms with E-state index in [2.05, 4.69) is 27.5 Å². The molecule has 3 rings (SSSR count). The van der Waals surface area contributed by atoms with E-state index in [0.29, 0.717) is 17.9 Å². The van der Waals surface area contributed by atoms with Crippen LogP contribution in [0.1, 0.15) is 38.3 Å². The first kappa shape index (κ1) is 22.2. The second-order valence-electron chi connectivity index (χ2n) is 6.77. The highest BCUT2D eigenvalue weighted by Crippen LogP contribution is 2.43. The molecule has 2 aromatic heterocycles. The molecule has 27 heavy (non-hydrogen) atoms. The fourth-order valence-corrected chi connectivity index (χ4v) is 3.83. The first-order valence-corrected chi connectivity index (χ1v) is 10.1. The number of nitrogens with one attached hydrogen (secondary N) is 2. The van der Waals surface area contributed by atoms with Crippen molar-refractivity contribution in [2.24, 2.45) is 10.4 Å². The Hall–Kier alpha value is -1.13. The van der Waals surface area contributed by atoms with Gasteiger partial charge in [-0.25, -0.2) is 9.98 Å². The topological polar surface area (TPSA) is 71.7 Å². The largest absolute Gasteiger partial charge is 0.443 e. The number of ether oxygens (including phenoxy) is 1. The molecule has 1 saturated carbocycles. The van der Waals surface area contributed by atoms with Crippen molar-refractivity contribution in [3.63, 3.8) is 0 Å². The normalized spacial score (nSPS) is 15.7. The third-order valence-corrected chi connectivity index (χ3v) is 5.77. The number of halogens is 1. The summed E-state index contributed by atoms with van der Waals surface area (Å²) in [6.07, 6.45) is 6.62. The van der Waals surface area contributed by atoms with Gasteiger partial charge in [-0.05, 0) is 43.0 Å². The molecule has 0 radical (unpaired) electrons. The summed E-state index contributed by atoms with van der Waals surface area (Å²) < 4.78 is 10.8. The first-order valence-electron chi connectivity index (χ1n) is 9.24. The Morgan fingerprint density at radius 3 is 2.89 bits per heavy atom. The Balaban J connectivity index is 0.00000261. The summed E-state index contributed by atoms with van der Waals surface area (Å²) in [4.78, 5) is 10.2. The minimum atomic E-state index is 0. The van der Waals surface area contributed by atoms with Crippen LogP contribution in [0.2, 0.25) is 0 Å². The van der Waals surface area contributed by atoms with Crippen LogP contribution in [0.25, 0.3) is 10.8 Å². The summed E-state index contributed by atoms with van der Waals surface area (Å²) in [5.41, 5.74) is 1.19. The molecule has 0 saturated heterocycles. The molecule has 2 aromatic rings. The number of methoxy groups -OCH3 is 1. The van der Waals surface area contributed by atoms with Crippen molar-refractivity contribution in [2.45, 2.75) is 39.2 Å². The predicted octanol–water partition coefficient (Wildman–Crippen LogP) is 4.28. The average Bonchev–Trinajstić information content (AvgIpc) is 3.29. The number of guanidine groups is 1. The van der Waals surface area contributed by atoms with Gasteiger partial charge in [0.05, 0.1) is 11.4 Å². The highest BCUT2D eigenvalue weighted by Gasteiger charge is 2.36. The van der Waals surface area contributed by atoms with E-state index >= 15 is 0 Å². The number of aliphatic imine (C=N–C) groups is 1. The van der Waals surface area contributed by atoms with Gasteiger partial charge in [-0.15, -0.1) is 35.3 Å². The molecule has 1 aliphatic rings. The van der Waals surface area contributed by atoms with E-state index < -0.39 is 0 Å². The summed E-state index contributed by atoms with van der Waals surface area (Å²) in [5.74, 6) is 1.49. The average molecular weight is 504 g/mol. The van der Waals surface area contributed by atoms with Gasteiger partial charge in [0.25, 0.3) is 0 Å². The van der Waals surface area contributed by atoms with Gasteiger partial charge in [0.2, 0.25) is 5.89 Å². The Labute approximate surface area is 182 Å². The maximum Gasteiger partial charge on any atom is 0.236 e. The summed E-state index contributed by atoms with van der Waals surface area (Å²) in [7, 11) is 1.77.